The molecule has 0 heterocycles. The number of nitrogens with one attached hydrogen (secondary N) is 1. The summed E-state index contributed by atoms with van der Waals surface area (Å²) >= 11 is 5.51. The van der Waals surface area contributed by atoms with Crippen LogP contribution in [0.15, 0.2) is 84.9 Å². The Bertz CT molecular complexity index is 1500. The molecule has 3 N–H and O–H groups in total. The van der Waals surface area contributed by atoms with Gasteiger partial charge in [-0.1, -0.05) is 72.8 Å². The highest BCUT2D eigenvalue weighted by Gasteiger charge is 2.09. The first-order chi connectivity index (χ1) is 18.6. The first-order valence-electron chi connectivity index (χ1n) is 12.3. The van der Waals surface area contributed by atoms with Crippen LogP contribution in [0.1, 0.15) is 17.5 Å². The van der Waals surface area contributed by atoms with Gasteiger partial charge in [-0.3, -0.25) is 9.59 Å². The summed E-state index contributed by atoms with van der Waals surface area (Å²) in [5.74, 6) is 0.943. The van der Waals surface area contributed by atoms with Gasteiger partial charge >= 0.3 is 0 Å². The van der Waals surface area contributed by atoms with Crippen LogP contribution in [0.2, 0.25) is 0 Å². The maximum atomic E-state index is 12.6. The molecule has 0 fully saturated rings. The largest absolute Gasteiger partial charge is 0.492 e. The topological polar surface area (TPSA) is 90.7 Å². The smallest absolute Gasteiger partial charge is 0.163 e. The van der Waals surface area contributed by atoms with Crippen LogP contribution in [-0.2, 0) is 9.59 Å². The van der Waals surface area contributed by atoms with Crippen molar-refractivity contribution in [1.82, 2.24) is 4.84 Å². The standard InChI is InChI=1S/C31H29ClN2O4/c32-34-18-20-38-31-16-12-23(27-6-2-4-8-29(27)31)10-14-25(36)21-24(35)13-9-22-11-15-30(37-19-17-33)28-7-3-1-5-26(22)28/h1-16,34H,17-21,33H2/b13-9+,14-10+. The first kappa shape index (κ1) is 27.1. The molecule has 4 aromatic rings. The van der Waals surface area contributed by atoms with E-state index in [-0.39, 0.29) is 18.0 Å². The van der Waals surface area contributed by atoms with Crippen molar-refractivity contribution in [2.45, 2.75) is 6.42 Å². The summed E-state index contributed by atoms with van der Waals surface area (Å²) in [7, 11) is 0. The molecule has 0 amide bonds. The Morgan fingerprint density at radius 1 is 0.711 bits per heavy atom. The van der Waals surface area contributed by atoms with Crippen molar-refractivity contribution < 1.29 is 19.1 Å². The van der Waals surface area contributed by atoms with E-state index in [1.807, 2.05) is 72.8 Å². The van der Waals surface area contributed by atoms with E-state index in [1.54, 1.807) is 12.2 Å². The molecular weight excluding hydrogens is 500 g/mol. The fourth-order valence-electron chi connectivity index (χ4n) is 4.16. The Morgan fingerprint density at radius 2 is 1.18 bits per heavy atom. The third kappa shape index (κ3) is 6.86. The number of hydrogen-bond donors (Lipinski definition) is 2. The highest BCUT2D eigenvalue weighted by Crippen LogP contribution is 2.30. The number of fused-ring (bicyclic) bond motifs is 2. The lowest BCUT2D eigenvalue weighted by Crippen LogP contribution is -2.11. The lowest BCUT2D eigenvalue weighted by molar-refractivity contribution is -0.121. The van der Waals surface area contributed by atoms with Crippen molar-refractivity contribution in [3.63, 3.8) is 0 Å². The second kappa shape index (κ2) is 13.5. The Balaban J connectivity index is 1.44. The molecule has 7 heteroatoms. The molecule has 194 valence electrons. The van der Waals surface area contributed by atoms with Gasteiger partial charge in [0.25, 0.3) is 0 Å². The van der Waals surface area contributed by atoms with E-state index in [9.17, 15) is 9.59 Å². The van der Waals surface area contributed by atoms with E-state index >= 15 is 0 Å². The minimum absolute atomic E-state index is 0.215. The molecule has 0 bridgehead atoms. The van der Waals surface area contributed by atoms with Gasteiger partial charge in [0.1, 0.15) is 24.7 Å². The van der Waals surface area contributed by atoms with Gasteiger partial charge in [0, 0.05) is 23.9 Å². The fraction of sp³-hybridized carbons (Fsp3) is 0.161. The first-order valence-corrected chi connectivity index (χ1v) is 12.7. The molecule has 0 unspecified atom stereocenters. The van der Waals surface area contributed by atoms with E-state index in [0.29, 0.717) is 26.3 Å². The molecule has 4 rings (SSSR count). The van der Waals surface area contributed by atoms with Gasteiger partial charge in [-0.25, -0.2) is 4.84 Å². The third-order valence-electron chi connectivity index (χ3n) is 5.91. The number of hydrogen-bond acceptors (Lipinski definition) is 6. The number of halogens is 1. The van der Waals surface area contributed by atoms with E-state index in [2.05, 4.69) is 4.84 Å². The summed E-state index contributed by atoms with van der Waals surface area (Å²) in [6.07, 6.45) is 6.16. The summed E-state index contributed by atoms with van der Waals surface area (Å²) in [5.41, 5.74) is 7.29. The second-order valence-electron chi connectivity index (χ2n) is 8.54. The highest BCUT2D eigenvalue weighted by molar-refractivity contribution is 6.13. The molecule has 0 radical (unpaired) electrons. The minimum Gasteiger partial charge on any atom is -0.492 e. The van der Waals surface area contributed by atoms with Crippen molar-refractivity contribution in [3.05, 3.63) is 96.1 Å². The van der Waals surface area contributed by atoms with E-state index < -0.39 is 0 Å². The van der Waals surface area contributed by atoms with Crippen LogP contribution in [0.5, 0.6) is 11.5 Å². The predicted molar refractivity (Wildman–Crippen MR) is 154 cm³/mol. The maximum absolute atomic E-state index is 12.6. The average molecular weight is 529 g/mol. The lowest BCUT2D eigenvalue weighted by Gasteiger charge is -2.10. The zero-order chi connectivity index (χ0) is 26.7. The molecule has 0 aliphatic heterocycles. The number of ether oxygens (including phenoxy) is 2. The van der Waals surface area contributed by atoms with Gasteiger partial charge in [-0.15, -0.1) is 0 Å². The maximum Gasteiger partial charge on any atom is 0.163 e. The van der Waals surface area contributed by atoms with Crippen LogP contribution in [0.4, 0.5) is 0 Å². The number of ketones is 2. The minimum atomic E-state index is -0.271. The zero-order valence-electron chi connectivity index (χ0n) is 20.9. The SMILES string of the molecule is NCCOc1ccc(/C=C/C(=O)CC(=O)/C=C/c2ccc(OCCNCl)c3ccccc23)c2ccccc12. The molecule has 0 saturated heterocycles. The van der Waals surface area contributed by atoms with Crippen molar-refractivity contribution in [3.8, 4) is 11.5 Å². The second-order valence-corrected chi connectivity index (χ2v) is 8.81. The number of nitrogens with two attached hydrogens (primary N) is 1. The van der Waals surface area contributed by atoms with Crippen LogP contribution in [-0.4, -0.2) is 37.9 Å². The number of carbonyl (C=O) groups excluding carboxylic acids is 2. The van der Waals surface area contributed by atoms with Gasteiger partial charge < -0.3 is 15.2 Å². The number of benzene rings is 4. The van der Waals surface area contributed by atoms with Gasteiger partial charge in [0.15, 0.2) is 11.6 Å². The molecule has 38 heavy (non-hydrogen) atoms. The normalized spacial score (nSPS) is 11.5. The van der Waals surface area contributed by atoms with Crippen LogP contribution >= 0.6 is 11.8 Å². The summed E-state index contributed by atoms with van der Waals surface area (Å²) in [4.78, 5) is 27.7. The summed E-state index contributed by atoms with van der Waals surface area (Å²) < 4.78 is 11.5. The Hall–Kier alpha value is -3.97. The van der Waals surface area contributed by atoms with Crippen LogP contribution in [0, 0.1) is 0 Å². The van der Waals surface area contributed by atoms with Crippen LogP contribution in [0.3, 0.4) is 0 Å². The summed E-state index contributed by atoms with van der Waals surface area (Å²) in [6, 6.07) is 23.1. The van der Waals surface area contributed by atoms with Gasteiger partial charge in [0.2, 0.25) is 0 Å². The van der Waals surface area contributed by atoms with E-state index in [4.69, 9.17) is 27.0 Å². The molecule has 4 aromatic carbocycles. The van der Waals surface area contributed by atoms with E-state index in [1.165, 1.54) is 12.2 Å². The Morgan fingerprint density at radius 3 is 1.66 bits per heavy atom. The van der Waals surface area contributed by atoms with Crippen molar-refractivity contribution in [2.75, 3.05) is 26.3 Å². The summed E-state index contributed by atoms with van der Waals surface area (Å²) in [5, 5.41) is 3.77. The molecule has 0 atom stereocenters. The molecule has 0 aliphatic rings. The zero-order valence-corrected chi connectivity index (χ0v) is 21.6. The molecule has 0 spiro atoms. The van der Waals surface area contributed by atoms with Crippen molar-refractivity contribution >= 4 is 57.0 Å². The molecule has 0 aliphatic carbocycles. The van der Waals surface area contributed by atoms with Crippen LogP contribution in [0.25, 0.3) is 33.7 Å². The van der Waals surface area contributed by atoms with Crippen molar-refractivity contribution in [1.29, 1.82) is 0 Å². The van der Waals surface area contributed by atoms with E-state index in [0.717, 1.165) is 44.2 Å². The average Bonchev–Trinajstić information content (AvgIpc) is 2.94. The Kier molecular flexibility index (Phi) is 9.65. The fourth-order valence-corrected chi connectivity index (χ4v) is 4.23. The number of allylic oxidation sites excluding steroid dienone is 2. The summed E-state index contributed by atoms with van der Waals surface area (Å²) in [6.45, 7) is 1.79. The highest BCUT2D eigenvalue weighted by atomic mass is 35.5. The van der Waals surface area contributed by atoms with Gasteiger partial charge in [-0.05, 0) is 58.0 Å². The van der Waals surface area contributed by atoms with Gasteiger partial charge in [-0.2, -0.15) is 0 Å². The lowest BCUT2D eigenvalue weighted by atomic mass is 10.0. The quantitative estimate of drug-likeness (QED) is 0.1000. The van der Waals surface area contributed by atoms with Crippen molar-refractivity contribution in [2.24, 2.45) is 5.73 Å². The molecule has 0 saturated carbocycles. The molecule has 0 aromatic heterocycles. The molecular formula is C31H29ClN2O4. The molecule has 6 nitrogen and oxygen atoms in total. The van der Waals surface area contributed by atoms with Gasteiger partial charge in [0.05, 0.1) is 6.42 Å². The predicted octanol–water partition coefficient (Wildman–Crippen LogP) is 5.71. The number of carbonyl (C=O) groups is 2. The van der Waals surface area contributed by atoms with Crippen LogP contribution < -0.4 is 20.0 Å². The third-order valence-corrected chi connectivity index (χ3v) is 6.10. The number of rotatable bonds is 13. The monoisotopic (exact) mass is 528 g/mol. The Labute approximate surface area is 226 Å².